The molecule has 0 saturated heterocycles. The molecule has 1 atom stereocenters. The highest BCUT2D eigenvalue weighted by Gasteiger charge is 2.31. The van der Waals surface area contributed by atoms with Gasteiger partial charge < -0.3 is 15.2 Å². The van der Waals surface area contributed by atoms with Crippen LogP contribution in [0.1, 0.15) is 54.4 Å². The fourth-order valence-corrected chi connectivity index (χ4v) is 3.55. The van der Waals surface area contributed by atoms with Gasteiger partial charge in [-0.3, -0.25) is 14.4 Å². The Balaban J connectivity index is 4.39. The van der Waals surface area contributed by atoms with Crippen LogP contribution in [-0.2, 0) is 19.1 Å². The van der Waals surface area contributed by atoms with Crippen LogP contribution in [-0.4, -0.2) is 52.5 Å². The topological polar surface area (TPSA) is 92.7 Å². The van der Waals surface area contributed by atoms with Crippen molar-refractivity contribution in [2.45, 2.75) is 66.1 Å². The van der Waals surface area contributed by atoms with Crippen molar-refractivity contribution >= 4 is 39.2 Å². The minimum atomic E-state index is -0.813. The standard InChI is InChI=1S/C17H31NO5S2/c1-16(2,3)13(19)11-12(23-17(4,5)6)15(22)18-8-10-25-24-9-7-14(20)21/h12H,7-11H2,1-6H3,(H,18,22)(H,20,21). The Morgan fingerprint density at radius 2 is 1.60 bits per heavy atom. The molecule has 146 valence electrons. The summed E-state index contributed by atoms with van der Waals surface area (Å²) in [6.45, 7) is 11.5. The van der Waals surface area contributed by atoms with Crippen molar-refractivity contribution in [3.05, 3.63) is 0 Å². The summed E-state index contributed by atoms with van der Waals surface area (Å²) in [4.78, 5) is 35.0. The van der Waals surface area contributed by atoms with Crippen molar-refractivity contribution in [3.8, 4) is 0 Å². The second-order valence-corrected chi connectivity index (χ2v) is 10.4. The first kappa shape index (κ1) is 24.3. The van der Waals surface area contributed by atoms with Crippen LogP contribution >= 0.6 is 21.6 Å². The molecular formula is C17H31NO5S2. The predicted molar refractivity (Wildman–Crippen MR) is 104 cm³/mol. The van der Waals surface area contributed by atoms with Crippen molar-refractivity contribution in [2.75, 3.05) is 18.1 Å². The van der Waals surface area contributed by atoms with Gasteiger partial charge in [-0.2, -0.15) is 0 Å². The normalized spacial score (nSPS) is 13.4. The molecule has 0 aromatic rings. The van der Waals surface area contributed by atoms with Gasteiger partial charge in [-0.15, -0.1) is 0 Å². The summed E-state index contributed by atoms with van der Waals surface area (Å²) in [6, 6.07) is 0. The zero-order chi connectivity index (χ0) is 19.7. The number of Topliss-reactive ketones (excluding diaryl/α,β-unsaturated/α-hetero) is 1. The van der Waals surface area contributed by atoms with E-state index in [9.17, 15) is 14.4 Å². The van der Waals surface area contributed by atoms with Gasteiger partial charge in [0.25, 0.3) is 0 Å². The van der Waals surface area contributed by atoms with Crippen molar-refractivity contribution in [3.63, 3.8) is 0 Å². The van der Waals surface area contributed by atoms with Crippen molar-refractivity contribution in [2.24, 2.45) is 5.41 Å². The Bertz CT molecular complexity index is 455. The summed E-state index contributed by atoms with van der Waals surface area (Å²) in [7, 11) is 2.98. The molecule has 0 saturated carbocycles. The average Bonchev–Trinajstić information content (AvgIpc) is 2.42. The number of carbonyl (C=O) groups is 3. The number of nitrogens with one attached hydrogen (secondary N) is 1. The Morgan fingerprint density at radius 1 is 1.04 bits per heavy atom. The van der Waals surface area contributed by atoms with Crippen LogP contribution in [0.25, 0.3) is 0 Å². The maximum Gasteiger partial charge on any atom is 0.304 e. The van der Waals surface area contributed by atoms with Crippen LogP contribution in [0.15, 0.2) is 0 Å². The maximum absolute atomic E-state index is 12.4. The average molecular weight is 394 g/mol. The first-order valence-electron chi connectivity index (χ1n) is 8.28. The molecule has 2 N–H and O–H groups in total. The molecule has 0 spiro atoms. The number of amides is 1. The number of hydrogen-bond donors (Lipinski definition) is 2. The van der Waals surface area contributed by atoms with E-state index in [1.54, 1.807) is 0 Å². The molecule has 0 aromatic carbocycles. The number of aliphatic carboxylic acids is 1. The monoisotopic (exact) mass is 393 g/mol. The second-order valence-electron chi connectivity index (χ2n) is 7.67. The van der Waals surface area contributed by atoms with Crippen LogP contribution < -0.4 is 5.32 Å². The fraction of sp³-hybridized carbons (Fsp3) is 0.824. The summed E-state index contributed by atoms with van der Waals surface area (Å²) in [5.74, 6) is 0.0705. The van der Waals surface area contributed by atoms with E-state index in [1.165, 1.54) is 21.6 Å². The number of ether oxygens (including phenoxy) is 1. The molecule has 0 heterocycles. The number of rotatable bonds is 11. The first-order chi connectivity index (χ1) is 11.3. The highest BCUT2D eigenvalue weighted by atomic mass is 33.1. The van der Waals surface area contributed by atoms with Crippen molar-refractivity contribution in [1.29, 1.82) is 0 Å². The number of carboxylic acid groups (broad SMARTS) is 1. The zero-order valence-corrected chi connectivity index (χ0v) is 17.6. The lowest BCUT2D eigenvalue weighted by atomic mass is 9.87. The number of ketones is 1. The number of carbonyl (C=O) groups excluding carboxylic acids is 2. The van der Waals surface area contributed by atoms with Gasteiger partial charge in [-0.25, -0.2) is 0 Å². The molecule has 0 aliphatic rings. The summed E-state index contributed by atoms with van der Waals surface area (Å²) in [5, 5.41) is 11.3. The van der Waals surface area contributed by atoms with E-state index in [-0.39, 0.29) is 24.5 Å². The highest BCUT2D eigenvalue weighted by Crippen LogP contribution is 2.22. The summed E-state index contributed by atoms with van der Waals surface area (Å²) in [5.41, 5.74) is -1.04. The molecule has 0 bridgehead atoms. The molecular weight excluding hydrogens is 362 g/mol. The van der Waals surface area contributed by atoms with Crippen LogP contribution in [0.5, 0.6) is 0 Å². The zero-order valence-electron chi connectivity index (χ0n) is 16.0. The quantitative estimate of drug-likeness (QED) is 0.411. The Hall–Kier alpha value is -0.730. The van der Waals surface area contributed by atoms with Gasteiger partial charge in [-0.05, 0) is 20.8 Å². The lowest BCUT2D eigenvalue weighted by Crippen LogP contribution is -2.43. The molecule has 1 unspecified atom stereocenters. The third kappa shape index (κ3) is 13.2. The summed E-state index contributed by atoms with van der Waals surface area (Å²) in [6.07, 6.45) is -0.635. The SMILES string of the molecule is CC(C)(C)OC(CC(=O)C(C)(C)C)C(=O)NCCSSCCC(=O)O. The molecule has 8 heteroatoms. The lowest BCUT2D eigenvalue weighted by Gasteiger charge is -2.28. The van der Waals surface area contributed by atoms with E-state index in [4.69, 9.17) is 9.84 Å². The molecule has 0 fully saturated rings. The molecule has 6 nitrogen and oxygen atoms in total. The van der Waals surface area contributed by atoms with Crippen LogP contribution in [0.4, 0.5) is 0 Å². The van der Waals surface area contributed by atoms with Crippen molar-refractivity contribution in [1.82, 2.24) is 5.32 Å². The molecule has 0 aliphatic carbocycles. The minimum Gasteiger partial charge on any atom is -0.481 e. The lowest BCUT2D eigenvalue weighted by molar-refractivity contribution is -0.148. The minimum absolute atomic E-state index is 0.0181. The van der Waals surface area contributed by atoms with Gasteiger partial charge in [-0.1, -0.05) is 42.4 Å². The molecule has 0 aliphatic heterocycles. The Kier molecular flexibility index (Phi) is 10.8. The Labute approximate surface area is 158 Å². The van der Waals surface area contributed by atoms with Crippen LogP contribution in [0.3, 0.4) is 0 Å². The largest absolute Gasteiger partial charge is 0.481 e. The molecule has 25 heavy (non-hydrogen) atoms. The van der Waals surface area contributed by atoms with Gasteiger partial charge in [0.05, 0.1) is 12.0 Å². The third-order valence-electron chi connectivity index (χ3n) is 2.96. The van der Waals surface area contributed by atoms with Crippen LogP contribution in [0, 0.1) is 5.41 Å². The second kappa shape index (κ2) is 11.1. The fourth-order valence-electron chi connectivity index (χ4n) is 1.67. The maximum atomic E-state index is 12.4. The number of hydrogen-bond acceptors (Lipinski definition) is 6. The van der Waals surface area contributed by atoms with Gasteiger partial charge in [0, 0.05) is 29.9 Å². The van der Waals surface area contributed by atoms with E-state index in [0.29, 0.717) is 18.1 Å². The van der Waals surface area contributed by atoms with Gasteiger partial charge in [0.1, 0.15) is 11.9 Å². The smallest absolute Gasteiger partial charge is 0.304 e. The van der Waals surface area contributed by atoms with E-state index in [2.05, 4.69) is 5.32 Å². The van der Waals surface area contributed by atoms with E-state index in [0.717, 1.165) is 0 Å². The molecule has 1 amide bonds. The molecule has 0 aromatic heterocycles. The molecule has 0 radical (unpaired) electrons. The van der Waals surface area contributed by atoms with E-state index >= 15 is 0 Å². The predicted octanol–water partition coefficient (Wildman–Crippen LogP) is 3.15. The summed E-state index contributed by atoms with van der Waals surface area (Å²) >= 11 is 0. The van der Waals surface area contributed by atoms with E-state index in [1.807, 2.05) is 41.5 Å². The Morgan fingerprint density at radius 3 is 2.08 bits per heavy atom. The van der Waals surface area contributed by atoms with E-state index < -0.39 is 23.1 Å². The highest BCUT2D eigenvalue weighted by molar-refractivity contribution is 8.76. The first-order valence-corrected chi connectivity index (χ1v) is 10.8. The van der Waals surface area contributed by atoms with Crippen LogP contribution in [0.2, 0.25) is 0 Å². The van der Waals surface area contributed by atoms with Gasteiger partial charge >= 0.3 is 5.97 Å². The van der Waals surface area contributed by atoms with Crippen molar-refractivity contribution < 1.29 is 24.2 Å². The van der Waals surface area contributed by atoms with Gasteiger partial charge in [0.15, 0.2) is 0 Å². The molecule has 0 rings (SSSR count). The third-order valence-corrected chi connectivity index (χ3v) is 5.37. The summed E-state index contributed by atoms with van der Waals surface area (Å²) < 4.78 is 5.78. The number of carboxylic acids is 1. The van der Waals surface area contributed by atoms with Gasteiger partial charge in [0.2, 0.25) is 5.91 Å².